The van der Waals surface area contributed by atoms with Gasteiger partial charge in [-0.05, 0) is 57.7 Å². The van der Waals surface area contributed by atoms with E-state index >= 15 is 0 Å². The molecule has 2 rings (SSSR count). The van der Waals surface area contributed by atoms with Crippen LogP contribution in [-0.2, 0) is 9.53 Å². The van der Waals surface area contributed by atoms with Gasteiger partial charge in [-0.1, -0.05) is 35.7 Å². The van der Waals surface area contributed by atoms with Crippen LogP contribution in [0.4, 0.5) is 10.5 Å². The van der Waals surface area contributed by atoms with E-state index < -0.39 is 23.6 Å². The van der Waals surface area contributed by atoms with Crippen LogP contribution in [0.5, 0.6) is 5.75 Å². The first-order valence-electron chi connectivity index (χ1n) is 9.33. The molecule has 3 N–H and O–H groups in total. The zero-order valence-corrected chi connectivity index (χ0v) is 17.9. The number of hydrogen-bond donors (Lipinski definition) is 3. The first kappa shape index (κ1) is 21.5. The molecular formula is C20H29BrN2O4. The second kappa shape index (κ2) is 8.95. The summed E-state index contributed by atoms with van der Waals surface area (Å²) in [5.74, 6) is 0.109. The Bertz CT molecular complexity index is 679. The van der Waals surface area contributed by atoms with Crippen molar-refractivity contribution in [3.05, 3.63) is 22.7 Å². The predicted molar refractivity (Wildman–Crippen MR) is 109 cm³/mol. The number of aromatic hydroxyl groups is 1. The van der Waals surface area contributed by atoms with Gasteiger partial charge >= 0.3 is 6.09 Å². The van der Waals surface area contributed by atoms with Crippen LogP contribution in [-0.4, -0.2) is 28.7 Å². The van der Waals surface area contributed by atoms with Crippen molar-refractivity contribution in [2.75, 3.05) is 5.32 Å². The highest BCUT2D eigenvalue weighted by Gasteiger charge is 2.35. The van der Waals surface area contributed by atoms with Crippen LogP contribution in [0, 0.1) is 11.8 Å². The summed E-state index contributed by atoms with van der Waals surface area (Å²) < 4.78 is 6.28. The van der Waals surface area contributed by atoms with Crippen molar-refractivity contribution in [2.24, 2.45) is 11.8 Å². The van der Waals surface area contributed by atoms with Crippen LogP contribution < -0.4 is 10.6 Å². The molecule has 1 aliphatic rings. The number of rotatable bonds is 4. The van der Waals surface area contributed by atoms with Gasteiger partial charge in [-0.3, -0.25) is 4.79 Å². The van der Waals surface area contributed by atoms with E-state index in [0.717, 1.165) is 30.2 Å². The van der Waals surface area contributed by atoms with Gasteiger partial charge in [-0.2, -0.15) is 0 Å². The largest absolute Gasteiger partial charge is 0.506 e. The van der Waals surface area contributed by atoms with E-state index in [0.29, 0.717) is 5.92 Å². The minimum Gasteiger partial charge on any atom is -0.506 e. The van der Waals surface area contributed by atoms with Gasteiger partial charge in [-0.25, -0.2) is 4.79 Å². The van der Waals surface area contributed by atoms with Crippen molar-refractivity contribution < 1.29 is 19.4 Å². The molecule has 0 bridgehead atoms. The molecule has 1 saturated carbocycles. The summed E-state index contributed by atoms with van der Waals surface area (Å²) in [6.45, 7) is 7.75. The molecule has 1 atom stereocenters. The minimum atomic E-state index is -0.904. The molecule has 1 fully saturated rings. The highest BCUT2D eigenvalue weighted by Crippen LogP contribution is 2.33. The molecule has 0 aliphatic heterocycles. The monoisotopic (exact) mass is 440 g/mol. The number of phenols is 1. The number of benzene rings is 1. The Morgan fingerprint density at radius 1 is 1.22 bits per heavy atom. The van der Waals surface area contributed by atoms with Crippen molar-refractivity contribution in [1.82, 2.24) is 5.32 Å². The summed E-state index contributed by atoms with van der Waals surface area (Å²) >= 11 is 3.32. The number of carbonyl (C=O) groups is 2. The number of anilines is 1. The maximum absolute atomic E-state index is 12.9. The van der Waals surface area contributed by atoms with Crippen LogP contribution in [0.15, 0.2) is 22.7 Å². The predicted octanol–water partition coefficient (Wildman–Crippen LogP) is 4.81. The Balaban J connectivity index is 2.16. The first-order chi connectivity index (χ1) is 12.5. The summed E-state index contributed by atoms with van der Waals surface area (Å²) in [6.07, 6.45) is 2.14. The third-order valence-corrected chi connectivity index (χ3v) is 5.17. The van der Waals surface area contributed by atoms with Gasteiger partial charge in [0.25, 0.3) is 5.91 Å². The van der Waals surface area contributed by atoms with E-state index in [1.807, 2.05) is 20.8 Å². The smallest absolute Gasteiger partial charge is 0.408 e. The standard InChI is InChI=1S/C20H29BrN2O4/c1-12-5-7-13(8-6-12)17(27-19(26)23-20(2,3)4)18(25)22-15-11-14(21)9-10-16(15)24/h9-13,17,24H,5-8H2,1-4H3,(H,22,25)(H,23,26). The number of carbonyl (C=O) groups excluding carboxylic acids is 2. The zero-order valence-electron chi connectivity index (χ0n) is 16.3. The van der Waals surface area contributed by atoms with E-state index in [-0.39, 0.29) is 17.4 Å². The van der Waals surface area contributed by atoms with Gasteiger partial charge in [0, 0.05) is 15.9 Å². The first-order valence-corrected chi connectivity index (χ1v) is 10.1. The van der Waals surface area contributed by atoms with E-state index in [1.165, 1.54) is 6.07 Å². The molecule has 0 spiro atoms. The fourth-order valence-corrected chi connectivity index (χ4v) is 3.58. The molecule has 0 aromatic heterocycles. The lowest BCUT2D eigenvalue weighted by Crippen LogP contribution is -2.46. The van der Waals surface area contributed by atoms with Gasteiger partial charge in [0.15, 0.2) is 6.10 Å². The van der Waals surface area contributed by atoms with Crippen molar-refractivity contribution in [1.29, 1.82) is 0 Å². The molecule has 150 valence electrons. The third-order valence-electron chi connectivity index (χ3n) is 4.67. The van der Waals surface area contributed by atoms with Gasteiger partial charge in [-0.15, -0.1) is 0 Å². The molecule has 7 heteroatoms. The van der Waals surface area contributed by atoms with Crippen molar-refractivity contribution >= 4 is 33.6 Å². The maximum atomic E-state index is 12.9. The summed E-state index contributed by atoms with van der Waals surface area (Å²) in [5.41, 5.74) is -0.176. The van der Waals surface area contributed by atoms with E-state index in [2.05, 4.69) is 33.5 Å². The summed E-state index contributed by atoms with van der Waals surface area (Å²) in [7, 11) is 0. The Kier molecular flexibility index (Phi) is 7.14. The molecule has 6 nitrogen and oxygen atoms in total. The quantitative estimate of drug-likeness (QED) is 0.585. The Labute approximate surface area is 169 Å². The lowest BCUT2D eigenvalue weighted by molar-refractivity contribution is -0.128. The van der Waals surface area contributed by atoms with Crippen molar-refractivity contribution in [2.45, 2.75) is 65.0 Å². The second-order valence-corrected chi connectivity index (χ2v) is 9.29. The summed E-state index contributed by atoms with van der Waals surface area (Å²) in [5, 5.41) is 15.4. The highest BCUT2D eigenvalue weighted by atomic mass is 79.9. The number of alkyl carbamates (subject to hydrolysis) is 1. The minimum absolute atomic E-state index is 0.0401. The van der Waals surface area contributed by atoms with E-state index in [4.69, 9.17) is 4.74 Å². The molecule has 1 unspecified atom stereocenters. The van der Waals surface area contributed by atoms with Crippen molar-refractivity contribution in [3.8, 4) is 5.75 Å². The van der Waals surface area contributed by atoms with Crippen LogP contribution in [0.1, 0.15) is 53.4 Å². The number of ether oxygens (including phenoxy) is 1. The molecule has 0 radical (unpaired) electrons. The molecule has 1 aliphatic carbocycles. The fraction of sp³-hybridized carbons (Fsp3) is 0.600. The van der Waals surface area contributed by atoms with Gasteiger partial charge < -0.3 is 20.5 Å². The zero-order chi connectivity index (χ0) is 20.2. The molecule has 1 aromatic carbocycles. The average molecular weight is 441 g/mol. The fourth-order valence-electron chi connectivity index (χ4n) is 3.22. The van der Waals surface area contributed by atoms with Crippen LogP contribution in [0.25, 0.3) is 0 Å². The van der Waals surface area contributed by atoms with Crippen LogP contribution in [0.2, 0.25) is 0 Å². The van der Waals surface area contributed by atoms with Crippen LogP contribution >= 0.6 is 15.9 Å². The lowest BCUT2D eigenvalue weighted by Gasteiger charge is -2.32. The molecule has 2 amide bonds. The van der Waals surface area contributed by atoms with Crippen molar-refractivity contribution in [3.63, 3.8) is 0 Å². The number of nitrogens with one attached hydrogen (secondary N) is 2. The topological polar surface area (TPSA) is 87.7 Å². The molecule has 0 saturated heterocycles. The number of amides is 2. The Morgan fingerprint density at radius 3 is 2.44 bits per heavy atom. The normalized spacial score (nSPS) is 21.2. The lowest BCUT2D eigenvalue weighted by atomic mass is 9.80. The van der Waals surface area contributed by atoms with Gasteiger partial charge in [0.2, 0.25) is 0 Å². The summed E-state index contributed by atoms with van der Waals surface area (Å²) in [4.78, 5) is 25.2. The molecule has 27 heavy (non-hydrogen) atoms. The van der Waals surface area contributed by atoms with E-state index in [9.17, 15) is 14.7 Å². The number of hydrogen-bond acceptors (Lipinski definition) is 4. The number of phenolic OH excluding ortho intramolecular Hbond substituents is 1. The second-order valence-electron chi connectivity index (χ2n) is 8.37. The SMILES string of the molecule is CC1CCC(C(OC(=O)NC(C)(C)C)C(=O)Nc2cc(Br)ccc2O)CC1. The molecular weight excluding hydrogens is 412 g/mol. The summed E-state index contributed by atoms with van der Waals surface area (Å²) in [6, 6.07) is 4.78. The molecule has 1 aromatic rings. The van der Waals surface area contributed by atoms with E-state index in [1.54, 1.807) is 12.1 Å². The Hall–Kier alpha value is -1.76. The van der Waals surface area contributed by atoms with Crippen LogP contribution in [0.3, 0.4) is 0 Å². The third kappa shape index (κ3) is 6.72. The Morgan fingerprint density at radius 2 is 1.85 bits per heavy atom. The van der Waals surface area contributed by atoms with Gasteiger partial charge in [0.1, 0.15) is 5.75 Å². The maximum Gasteiger partial charge on any atom is 0.408 e. The number of halogens is 1. The highest BCUT2D eigenvalue weighted by molar-refractivity contribution is 9.10. The average Bonchev–Trinajstić information content (AvgIpc) is 2.55. The van der Waals surface area contributed by atoms with Gasteiger partial charge in [0.05, 0.1) is 5.69 Å². The molecule has 0 heterocycles.